The van der Waals surface area contributed by atoms with Gasteiger partial charge in [0.15, 0.2) is 5.13 Å². The number of hydrogen-bond donors (Lipinski definition) is 0. The quantitative estimate of drug-likeness (QED) is 0.841. The number of thiophene rings is 1. The summed E-state index contributed by atoms with van der Waals surface area (Å²) >= 11 is 2.27. The first-order chi connectivity index (χ1) is 9.54. The molecule has 0 radical (unpaired) electrons. The number of thiazole rings is 1. The number of halogens is 3. The number of hydrogen-bond acceptors (Lipinski definition) is 5. The topological polar surface area (TPSA) is 25.4 Å². The van der Waals surface area contributed by atoms with E-state index in [-0.39, 0.29) is 6.10 Å². The summed E-state index contributed by atoms with van der Waals surface area (Å²) in [7, 11) is 0. The van der Waals surface area contributed by atoms with Crippen molar-refractivity contribution in [3.8, 4) is 0 Å². The maximum absolute atomic E-state index is 12.6. The maximum Gasteiger partial charge on any atom is 0.427 e. The first kappa shape index (κ1) is 13.8. The predicted molar refractivity (Wildman–Crippen MR) is 72.3 cm³/mol. The molecule has 20 heavy (non-hydrogen) atoms. The maximum atomic E-state index is 12.6. The van der Waals surface area contributed by atoms with Gasteiger partial charge in [0.25, 0.3) is 0 Å². The van der Waals surface area contributed by atoms with Crippen LogP contribution in [0.5, 0.6) is 0 Å². The highest BCUT2D eigenvalue weighted by molar-refractivity contribution is 7.15. The number of anilines is 1. The summed E-state index contributed by atoms with van der Waals surface area (Å²) in [4.78, 5) is 6.17. The van der Waals surface area contributed by atoms with Crippen molar-refractivity contribution in [1.82, 2.24) is 4.98 Å². The smallest absolute Gasteiger partial charge is 0.369 e. The van der Waals surface area contributed by atoms with Gasteiger partial charge in [0.1, 0.15) is 11.0 Å². The molecule has 1 fully saturated rings. The second-order valence-electron chi connectivity index (χ2n) is 4.33. The molecular formula is C12H11F3N2OS2. The fraction of sp³-hybridized carbons (Fsp3) is 0.417. The fourth-order valence-corrected chi connectivity index (χ4v) is 3.60. The molecule has 0 unspecified atom stereocenters. The molecule has 1 saturated heterocycles. The summed E-state index contributed by atoms with van der Waals surface area (Å²) in [5.74, 6) is 0. The van der Waals surface area contributed by atoms with Gasteiger partial charge in [0, 0.05) is 11.4 Å². The molecule has 0 amide bonds. The van der Waals surface area contributed by atoms with E-state index in [9.17, 15) is 13.2 Å². The number of ether oxygens (including phenoxy) is 1. The van der Waals surface area contributed by atoms with Crippen LogP contribution in [0.25, 0.3) is 0 Å². The van der Waals surface area contributed by atoms with Crippen molar-refractivity contribution < 1.29 is 17.9 Å². The highest BCUT2D eigenvalue weighted by atomic mass is 32.1. The molecule has 3 nitrogen and oxygen atoms in total. The molecule has 0 N–H and O–H groups in total. The summed E-state index contributed by atoms with van der Waals surface area (Å²) in [6, 6.07) is 3.91. The van der Waals surface area contributed by atoms with E-state index in [2.05, 4.69) is 4.98 Å². The second-order valence-corrected chi connectivity index (χ2v) is 6.31. The van der Waals surface area contributed by atoms with Crippen LogP contribution < -0.4 is 4.90 Å². The first-order valence-corrected chi connectivity index (χ1v) is 7.66. The standard InChI is InChI=1S/C12H11F3N2OS2/c13-12(14,15)10-6-16-11(20-10)17-3-4-18-8(7-17)9-2-1-5-19-9/h1-2,5-6,8H,3-4,7H2/t8-/m1/s1. The lowest BCUT2D eigenvalue weighted by Crippen LogP contribution is -2.38. The first-order valence-electron chi connectivity index (χ1n) is 5.97. The Labute approximate surface area is 121 Å². The van der Waals surface area contributed by atoms with Gasteiger partial charge in [-0.05, 0) is 11.4 Å². The minimum atomic E-state index is -4.32. The van der Waals surface area contributed by atoms with Crippen LogP contribution in [0, 0.1) is 0 Å². The van der Waals surface area contributed by atoms with Crippen molar-refractivity contribution in [3.05, 3.63) is 33.5 Å². The minimum absolute atomic E-state index is 0.0954. The van der Waals surface area contributed by atoms with Crippen molar-refractivity contribution >= 4 is 27.8 Å². The molecule has 2 aromatic heterocycles. The molecule has 0 aromatic carbocycles. The van der Waals surface area contributed by atoms with E-state index in [1.54, 1.807) is 11.3 Å². The van der Waals surface area contributed by atoms with Crippen LogP contribution in [0.3, 0.4) is 0 Å². The van der Waals surface area contributed by atoms with Gasteiger partial charge in [0.2, 0.25) is 0 Å². The van der Waals surface area contributed by atoms with Crippen LogP contribution in [0.1, 0.15) is 15.9 Å². The average molecular weight is 320 g/mol. The van der Waals surface area contributed by atoms with Crippen LogP contribution in [0.2, 0.25) is 0 Å². The Kier molecular flexibility index (Phi) is 3.70. The Morgan fingerprint density at radius 2 is 2.25 bits per heavy atom. The van der Waals surface area contributed by atoms with Gasteiger partial charge in [-0.2, -0.15) is 13.2 Å². The Bertz CT molecular complexity index is 568. The second kappa shape index (κ2) is 5.34. The third-order valence-corrected chi connectivity index (χ3v) is 5.04. The number of rotatable bonds is 2. The number of morpholine rings is 1. The molecule has 2 aromatic rings. The molecule has 108 valence electrons. The third kappa shape index (κ3) is 2.82. The summed E-state index contributed by atoms with van der Waals surface area (Å²) in [6.45, 7) is 1.58. The molecule has 1 aliphatic rings. The monoisotopic (exact) mass is 320 g/mol. The van der Waals surface area contributed by atoms with E-state index in [1.807, 2.05) is 22.4 Å². The molecule has 3 rings (SSSR count). The zero-order valence-corrected chi connectivity index (χ0v) is 11.9. The van der Waals surface area contributed by atoms with Crippen molar-refractivity contribution in [3.63, 3.8) is 0 Å². The van der Waals surface area contributed by atoms with Gasteiger partial charge in [-0.3, -0.25) is 0 Å². The average Bonchev–Trinajstić information content (AvgIpc) is 3.10. The molecule has 1 aliphatic heterocycles. The van der Waals surface area contributed by atoms with E-state index in [4.69, 9.17) is 4.74 Å². The van der Waals surface area contributed by atoms with E-state index in [0.717, 1.165) is 11.1 Å². The number of nitrogens with zero attached hydrogens (tertiary/aromatic N) is 2. The predicted octanol–water partition coefficient (Wildman–Crippen LogP) is 3.80. The van der Waals surface area contributed by atoms with E-state index in [1.165, 1.54) is 0 Å². The zero-order chi connectivity index (χ0) is 14.2. The van der Waals surface area contributed by atoms with Crippen molar-refractivity contribution in [1.29, 1.82) is 0 Å². The molecule has 0 bridgehead atoms. The summed E-state index contributed by atoms with van der Waals surface area (Å²) in [5.41, 5.74) is 0. The Morgan fingerprint density at radius 1 is 1.40 bits per heavy atom. The van der Waals surface area contributed by atoms with Crippen LogP contribution in [0.15, 0.2) is 23.7 Å². The van der Waals surface area contributed by atoms with Gasteiger partial charge in [0.05, 0.1) is 19.3 Å². The van der Waals surface area contributed by atoms with E-state index < -0.39 is 11.1 Å². The van der Waals surface area contributed by atoms with E-state index >= 15 is 0 Å². The highest BCUT2D eigenvalue weighted by Crippen LogP contribution is 2.37. The number of aromatic nitrogens is 1. The SMILES string of the molecule is FC(F)(F)c1cnc(N2CCO[C@@H](c3cccs3)C2)s1. The summed E-state index contributed by atoms with van der Waals surface area (Å²) < 4.78 is 43.5. The van der Waals surface area contributed by atoms with Crippen LogP contribution >= 0.6 is 22.7 Å². The van der Waals surface area contributed by atoms with Gasteiger partial charge in [-0.15, -0.1) is 11.3 Å². The van der Waals surface area contributed by atoms with Gasteiger partial charge >= 0.3 is 6.18 Å². The highest BCUT2D eigenvalue weighted by Gasteiger charge is 2.34. The lowest BCUT2D eigenvalue weighted by molar-refractivity contribution is -0.134. The normalized spacial score (nSPS) is 20.4. The Hall–Kier alpha value is -1.12. The molecule has 0 spiro atoms. The van der Waals surface area contributed by atoms with Crippen LogP contribution in [-0.4, -0.2) is 24.7 Å². The van der Waals surface area contributed by atoms with Crippen LogP contribution in [0.4, 0.5) is 18.3 Å². The lowest BCUT2D eigenvalue weighted by atomic mass is 10.2. The molecule has 3 heterocycles. The van der Waals surface area contributed by atoms with Crippen molar-refractivity contribution in [2.75, 3.05) is 24.6 Å². The summed E-state index contributed by atoms with van der Waals surface area (Å²) in [5, 5.41) is 2.37. The van der Waals surface area contributed by atoms with E-state index in [0.29, 0.717) is 36.2 Å². The van der Waals surface area contributed by atoms with Gasteiger partial charge in [-0.25, -0.2) is 4.98 Å². The Balaban J connectivity index is 1.75. The fourth-order valence-electron chi connectivity index (χ4n) is 2.01. The van der Waals surface area contributed by atoms with Crippen molar-refractivity contribution in [2.24, 2.45) is 0 Å². The van der Waals surface area contributed by atoms with Crippen molar-refractivity contribution in [2.45, 2.75) is 12.3 Å². The van der Waals surface area contributed by atoms with Gasteiger partial charge < -0.3 is 9.64 Å². The summed E-state index contributed by atoms with van der Waals surface area (Å²) in [6.07, 6.45) is -3.52. The Morgan fingerprint density at radius 3 is 2.90 bits per heavy atom. The lowest BCUT2D eigenvalue weighted by Gasteiger charge is -2.32. The molecule has 1 atom stereocenters. The zero-order valence-electron chi connectivity index (χ0n) is 10.3. The molecular weight excluding hydrogens is 309 g/mol. The molecule has 8 heteroatoms. The van der Waals surface area contributed by atoms with Crippen LogP contribution in [-0.2, 0) is 10.9 Å². The largest absolute Gasteiger partial charge is 0.427 e. The minimum Gasteiger partial charge on any atom is -0.369 e. The third-order valence-electron chi connectivity index (χ3n) is 2.97. The number of alkyl halides is 3. The molecule has 0 saturated carbocycles. The van der Waals surface area contributed by atoms with Gasteiger partial charge in [-0.1, -0.05) is 17.4 Å². The molecule has 0 aliphatic carbocycles.